The molecule has 17 nitrogen and oxygen atoms in total. The minimum Gasteiger partial charge on any atom is -0.480 e. The highest BCUT2D eigenvalue weighted by molar-refractivity contribution is 5.84. The van der Waals surface area contributed by atoms with Gasteiger partial charge in [-0.2, -0.15) is 0 Å². The molecule has 0 spiro atoms. The summed E-state index contributed by atoms with van der Waals surface area (Å²) in [6, 6.07) is -1.12. The zero-order valence-electron chi connectivity index (χ0n) is 30.9. The summed E-state index contributed by atoms with van der Waals surface area (Å²) in [6.45, 7) is 3.50. The molecule has 0 aromatic heterocycles. The summed E-state index contributed by atoms with van der Waals surface area (Å²) in [7, 11) is 0. The van der Waals surface area contributed by atoms with E-state index in [9.17, 15) is 29.1 Å². The highest BCUT2D eigenvalue weighted by Gasteiger charge is 2.20. The molecule has 0 aliphatic rings. The molecule has 1 atom stereocenters. The summed E-state index contributed by atoms with van der Waals surface area (Å²) in [5.41, 5.74) is 6.27. The van der Waals surface area contributed by atoms with Crippen LogP contribution >= 0.6 is 0 Å². The van der Waals surface area contributed by atoms with Crippen LogP contribution in [0.1, 0.15) is 110 Å². The third kappa shape index (κ3) is 35.0. The van der Waals surface area contributed by atoms with Crippen LogP contribution in [0.5, 0.6) is 0 Å². The molecule has 0 aromatic carbocycles. The fourth-order valence-electron chi connectivity index (χ4n) is 4.84. The molecule has 0 fully saturated rings. The number of ketones is 1. The lowest BCUT2D eigenvalue weighted by atomic mass is 10.0. The summed E-state index contributed by atoms with van der Waals surface area (Å²) in [5.74, 6) is 3.93. The quantitative estimate of drug-likeness (QED) is 0.0123. The molecule has 0 rings (SSSR count). The molecule has 0 heterocycles. The Bertz CT molecular complexity index is 972. The number of carbonyl (C=O) groups excluding carboxylic acids is 4. The number of hydrogen-bond donors (Lipinski definition) is 8. The van der Waals surface area contributed by atoms with Gasteiger partial charge >= 0.3 is 11.8 Å². The minimum atomic E-state index is -1.17. The summed E-state index contributed by atoms with van der Waals surface area (Å²) in [6.07, 6.45) is 14.7. The van der Waals surface area contributed by atoms with Crippen LogP contribution in [-0.4, -0.2) is 112 Å². The maximum atomic E-state index is 12.3. The van der Waals surface area contributed by atoms with E-state index in [2.05, 4.69) is 32.3 Å². The maximum absolute atomic E-state index is 12.3. The van der Waals surface area contributed by atoms with E-state index >= 15 is 0 Å². The van der Waals surface area contributed by atoms with Crippen molar-refractivity contribution < 1.29 is 58.9 Å². The molecule has 0 unspecified atom stereocenters. The van der Waals surface area contributed by atoms with Crippen LogP contribution in [0.15, 0.2) is 0 Å². The molecule has 11 N–H and O–H groups in total. The molecule has 3 amide bonds. The summed E-state index contributed by atoms with van der Waals surface area (Å²) >= 11 is 0. The zero-order valence-corrected chi connectivity index (χ0v) is 30.9. The summed E-state index contributed by atoms with van der Waals surface area (Å²) in [5, 5.41) is 20.1. The van der Waals surface area contributed by atoms with Crippen molar-refractivity contribution in [2.75, 3.05) is 65.9 Å². The Kier molecular flexibility index (Phi) is 33.0. The molecule has 0 aromatic rings. The zero-order chi connectivity index (χ0) is 37.8. The number of nitrogens with two attached hydrogens (primary N) is 1. The van der Waals surface area contributed by atoms with Crippen molar-refractivity contribution in [1.29, 1.82) is 0 Å². The van der Waals surface area contributed by atoms with E-state index in [1.165, 1.54) is 51.9 Å². The van der Waals surface area contributed by atoms with Crippen LogP contribution in [0.3, 0.4) is 0 Å². The lowest BCUT2D eigenvalue weighted by Gasteiger charge is -2.14. The van der Waals surface area contributed by atoms with E-state index in [-0.39, 0.29) is 82.3 Å². The number of rotatable bonds is 37. The van der Waals surface area contributed by atoms with Crippen molar-refractivity contribution in [3.05, 3.63) is 0 Å². The number of quaternary nitrogens is 1. The molecular formula is C34H67N7O10+2. The topological polar surface area (TPSA) is 258 Å². The lowest BCUT2D eigenvalue weighted by Crippen LogP contribution is -2.93. The first kappa shape index (κ1) is 47.8. The third-order valence-corrected chi connectivity index (χ3v) is 7.59. The first-order valence-electron chi connectivity index (χ1n) is 18.4. The van der Waals surface area contributed by atoms with Gasteiger partial charge in [-0.25, -0.2) is 10.6 Å². The third-order valence-electron chi connectivity index (χ3n) is 7.59. The number of ether oxygens (including phenoxy) is 4. The van der Waals surface area contributed by atoms with Crippen LogP contribution in [-0.2, 0) is 42.9 Å². The van der Waals surface area contributed by atoms with Crippen LogP contribution in [0, 0.1) is 0 Å². The summed E-state index contributed by atoms with van der Waals surface area (Å²) in [4.78, 5) is 58.5. The summed E-state index contributed by atoms with van der Waals surface area (Å²) < 4.78 is 20.9. The van der Waals surface area contributed by atoms with E-state index in [4.69, 9.17) is 24.8 Å². The fraction of sp³-hybridized carbons (Fsp3) is 0.824. The highest BCUT2D eigenvalue weighted by Crippen LogP contribution is 2.13. The van der Waals surface area contributed by atoms with Crippen LogP contribution in [0.25, 0.3) is 0 Å². The number of amidine groups is 1. The van der Waals surface area contributed by atoms with E-state index in [0.29, 0.717) is 32.8 Å². The Balaban J connectivity index is 3.68. The van der Waals surface area contributed by atoms with Crippen molar-refractivity contribution >= 4 is 35.3 Å². The molecule has 296 valence electrons. The Hall–Kier alpha value is -3.22. The van der Waals surface area contributed by atoms with Gasteiger partial charge in [0, 0.05) is 25.9 Å². The first-order chi connectivity index (χ1) is 24.6. The SMILES string of the molecule is CC(=O)COCCOCCNC(=O)COCCOCCNC(=O)CC[C@H](NC(=O)CCCCCCCCCCCCCC/C([NH3+])=[NH+]/NN)C(=O)O. The second kappa shape index (κ2) is 35.2. The number of hydrazine groups is 2. The molecule has 0 saturated carbocycles. The van der Waals surface area contributed by atoms with Gasteiger partial charge in [-0.1, -0.05) is 69.3 Å². The average Bonchev–Trinajstić information content (AvgIpc) is 3.08. The number of hydrazone groups is 1. The van der Waals surface area contributed by atoms with Gasteiger partial charge in [0.05, 0.1) is 46.1 Å². The van der Waals surface area contributed by atoms with E-state index in [0.717, 1.165) is 37.9 Å². The normalized spacial score (nSPS) is 11.9. The van der Waals surface area contributed by atoms with Crippen molar-refractivity contribution in [2.24, 2.45) is 5.84 Å². The van der Waals surface area contributed by atoms with E-state index < -0.39 is 12.0 Å². The van der Waals surface area contributed by atoms with Gasteiger partial charge in [0.15, 0.2) is 5.78 Å². The number of carboxylic acids is 1. The smallest absolute Gasteiger partial charge is 0.360 e. The number of carboxylic acid groups (broad SMARTS) is 1. The van der Waals surface area contributed by atoms with Crippen LogP contribution < -0.4 is 38.2 Å². The Labute approximate surface area is 303 Å². The standard InChI is InChI=1S/C34H65N7O10/c1-28(42)26-50-24-22-49-21-19-38-33(45)27-51-25-23-48-20-18-37-31(43)17-16-29(34(46)47)39-32(44)15-13-11-9-7-5-3-2-4-6-8-10-12-14-30(35)40-41-36/h29,41H,2-27,36H2,1H3,(H2,35,40)(H,37,43)(H,38,45)(H,39,44)(H,46,47)/p+2/t29-/m0/s1. The fourth-order valence-corrected chi connectivity index (χ4v) is 4.84. The highest BCUT2D eigenvalue weighted by atomic mass is 16.5. The van der Waals surface area contributed by atoms with Gasteiger partial charge in [0.25, 0.3) is 0 Å². The predicted molar refractivity (Wildman–Crippen MR) is 190 cm³/mol. The van der Waals surface area contributed by atoms with Crippen molar-refractivity contribution in [2.45, 2.75) is 116 Å². The second-order valence-corrected chi connectivity index (χ2v) is 12.3. The van der Waals surface area contributed by atoms with Gasteiger partial charge < -0.3 is 40.0 Å². The molecule has 0 aliphatic carbocycles. The molecular weight excluding hydrogens is 666 g/mol. The van der Waals surface area contributed by atoms with Gasteiger partial charge in [-0.15, -0.1) is 5.53 Å². The first-order valence-corrected chi connectivity index (χ1v) is 18.4. The number of unbranched alkanes of at least 4 members (excludes halogenated alkanes) is 11. The van der Waals surface area contributed by atoms with Crippen molar-refractivity contribution in [3.8, 4) is 0 Å². The largest absolute Gasteiger partial charge is 0.480 e. The molecule has 17 heteroatoms. The number of amides is 3. The van der Waals surface area contributed by atoms with Gasteiger partial charge in [0.2, 0.25) is 17.7 Å². The molecule has 0 bridgehead atoms. The predicted octanol–water partition coefficient (Wildman–Crippen LogP) is -1.22. The van der Waals surface area contributed by atoms with Gasteiger partial charge in [0.1, 0.15) is 19.3 Å². The molecule has 51 heavy (non-hydrogen) atoms. The van der Waals surface area contributed by atoms with Crippen molar-refractivity contribution in [3.63, 3.8) is 0 Å². The monoisotopic (exact) mass is 733 g/mol. The Morgan fingerprint density at radius 2 is 1.10 bits per heavy atom. The van der Waals surface area contributed by atoms with E-state index in [1.807, 2.05) is 0 Å². The minimum absolute atomic E-state index is 0.00886. The number of nitrogens with one attached hydrogen (secondary N) is 5. The lowest BCUT2D eigenvalue weighted by molar-refractivity contribution is -0.564. The van der Waals surface area contributed by atoms with Crippen molar-refractivity contribution in [1.82, 2.24) is 21.5 Å². The molecule has 0 aliphatic heterocycles. The second-order valence-electron chi connectivity index (χ2n) is 12.3. The molecule has 0 saturated heterocycles. The number of aliphatic carboxylic acids is 1. The molecule has 0 radical (unpaired) electrons. The van der Waals surface area contributed by atoms with E-state index in [1.54, 1.807) is 0 Å². The van der Waals surface area contributed by atoms with Gasteiger partial charge in [-0.05, 0) is 26.2 Å². The maximum Gasteiger partial charge on any atom is 0.360 e. The Morgan fingerprint density at radius 3 is 1.61 bits per heavy atom. The number of hydrogen-bond acceptors (Lipinski definition) is 11. The van der Waals surface area contributed by atoms with Gasteiger partial charge in [-0.3, -0.25) is 24.9 Å². The number of Topliss-reactive ketones (excluding diaryl/α,β-unsaturated/α-hetero) is 1. The Morgan fingerprint density at radius 1 is 0.627 bits per heavy atom. The number of carbonyl (C=O) groups is 5. The van der Waals surface area contributed by atoms with Crippen LogP contribution in [0.2, 0.25) is 0 Å². The average molecular weight is 734 g/mol. The van der Waals surface area contributed by atoms with Crippen LogP contribution in [0.4, 0.5) is 0 Å².